The number of nitrogens with two attached hydrogens (primary N) is 1. The Balaban J connectivity index is 2.88. The molecule has 0 bridgehead atoms. The SMILES string of the molecule is CC(=O)N/C(=C\c1ccccc1)C(=O)OCC(N)=O. The Morgan fingerprint density at radius 1 is 1.26 bits per heavy atom. The molecule has 1 rings (SSSR count). The van der Waals surface area contributed by atoms with Crippen molar-refractivity contribution in [1.82, 2.24) is 5.32 Å². The molecular formula is C13H14N2O4. The second kappa shape index (κ2) is 6.95. The number of hydrogen-bond acceptors (Lipinski definition) is 4. The third kappa shape index (κ3) is 5.49. The van der Waals surface area contributed by atoms with Crippen molar-refractivity contribution in [1.29, 1.82) is 0 Å². The van der Waals surface area contributed by atoms with E-state index >= 15 is 0 Å². The lowest BCUT2D eigenvalue weighted by molar-refractivity contribution is -0.144. The first-order valence-corrected chi connectivity index (χ1v) is 5.49. The van der Waals surface area contributed by atoms with Gasteiger partial charge in [-0.15, -0.1) is 0 Å². The van der Waals surface area contributed by atoms with Gasteiger partial charge in [-0.1, -0.05) is 30.3 Å². The van der Waals surface area contributed by atoms with Gasteiger partial charge in [0.25, 0.3) is 5.91 Å². The summed E-state index contributed by atoms with van der Waals surface area (Å²) in [5, 5.41) is 2.35. The van der Waals surface area contributed by atoms with Gasteiger partial charge in [-0.2, -0.15) is 0 Å². The van der Waals surface area contributed by atoms with Crippen molar-refractivity contribution < 1.29 is 19.1 Å². The predicted molar refractivity (Wildman–Crippen MR) is 68.4 cm³/mol. The molecule has 0 atom stereocenters. The molecule has 0 aromatic heterocycles. The molecule has 0 unspecified atom stereocenters. The summed E-state index contributed by atoms with van der Waals surface area (Å²) in [7, 11) is 0. The number of rotatable bonds is 5. The minimum absolute atomic E-state index is 0.0556. The average Bonchev–Trinajstić information content (AvgIpc) is 2.36. The van der Waals surface area contributed by atoms with Crippen molar-refractivity contribution in [3.8, 4) is 0 Å². The Bertz CT molecular complexity index is 509. The fourth-order valence-electron chi connectivity index (χ4n) is 1.27. The first-order valence-electron chi connectivity index (χ1n) is 5.49. The Morgan fingerprint density at radius 2 is 1.89 bits per heavy atom. The molecule has 1 aromatic rings. The van der Waals surface area contributed by atoms with Crippen molar-refractivity contribution in [2.45, 2.75) is 6.92 Å². The highest BCUT2D eigenvalue weighted by Gasteiger charge is 2.13. The molecule has 0 saturated heterocycles. The molecule has 100 valence electrons. The summed E-state index contributed by atoms with van der Waals surface area (Å²) in [6.45, 7) is 0.727. The van der Waals surface area contributed by atoms with E-state index in [2.05, 4.69) is 10.1 Å². The Morgan fingerprint density at radius 3 is 2.42 bits per heavy atom. The topological polar surface area (TPSA) is 98.5 Å². The fourth-order valence-corrected chi connectivity index (χ4v) is 1.27. The Kier molecular flexibility index (Phi) is 5.28. The number of carbonyl (C=O) groups excluding carboxylic acids is 3. The molecule has 1 aromatic carbocycles. The van der Waals surface area contributed by atoms with Crippen LogP contribution in [-0.4, -0.2) is 24.4 Å². The normalized spacial score (nSPS) is 10.7. The Labute approximate surface area is 110 Å². The average molecular weight is 262 g/mol. The maximum atomic E-state index is 11.7. The summed E-state index contributed by atoms with van der Waals surface area (Å²) < 4.78 is 4.64. The maximum Gasteiger partial charge on any atom is 0.355 e. The van der Waals surface area contributed by atoms with Crippen molar-refractivity contribution in [3.05, 3.63) is 41.6 Å². The van der Waals surface area contributed by atoms with E-state index in [1.165, 1.54) is 13.0 Å². The van der Waals surface area contributed by atoms with E-state index in [0.29, 0.717) is 5.56 Å². The van der Waals surface area contributed by atoms with E-state index in [0.717, 1.165) is 0 Å². The first-order chi connectivity index (χ1) is 8.99. The summed E-state index contributed by atoms with van der Waals surface area (Å²) in [4.78, 5) is 33.3. The largest absolute Gasteiger partial charge is 0.451 e. The molecule has 0 saturated carbocycles. The van der Waals surface area contributed by atoms with E-state index in [-0.39, 0.29) is 5.70 Å². The minimum Gasteiger partial charge on any atom is -0.451 e. The summed E-state index contributed by atoms with van der Waals surface area (Å²) >= 11 is 0. The van der Waals surface area contributed by atoms with Crippen LogP contribution in [0, 0.1) is 0 Å². The van der Waals surface area contributed by atoms with E-state index in [1.54, 1.807) is 24.3 Å². The number of ether oxygens (including phenoxy) is 1. The quantitative estimate of drug-likeness (QED) is 0.584. The summed E-state index contributed by atoms with van der Waals surface area (Å²) in [5.74, 6) is -2.01. The van der Waals surface area contributed by atoms with Crippen molar-refractivity contribution in [3.63, 3.8) is 0 Å². The predicted octanol–water partition coefficient (Wildman–Crippen LogP) is 0.192. The van der Waals surface area contributed by atoms with Crippen LogP contribution in [0.2, 0.25) is 0 Å². The molecule has 0 fully saturated rings. The van der Waals surface area contributed by atoms with E-state index in [1.807, 2.05) is 6.07 Å². The molecule has 0 aliphatic heterocycles. The molecular weight excluding hydrogens is 248 g/mol. The number of carbonyl (C=O) groups is 3. The molecule has 6 heteroatoms. The van der Waals surface area contributed by atoms with Crippen LogP contribution in [0.3, 0.4) is 0 Å². The molecule has 2 amide bonds. The summed E-state index contributed by atoms with van der Waals surface area (Å²) in [5.41, 5.74) is 5.53. The second-order valence-electron chi connectivity index (χ2n) is 3.69. The van der Waals surface area contributed by atoms with Gasteiger partial charge in [0.05, 0.1) is 0 Å². The highest BCUT2D eigenvalue weighted by molar-refractivity contribution is 5.98. The van der Waals surface area contributed by atoms with Crippen molar-refractivity contribution in [2.75, 3.05) is 6.61 Å². The van der Waals surface area contributed by atoms with E-state index in [4.69, 9.17) is 5.73 Å². The Hall–Kier alpha value is -2.63. The lowest BCUT2D eigenvalue weighted by Gasteiger charge is -2.07. The molecule has 6 nitrogen and oxygen atoms in total. The van der Waals surface area contributed by atoms with Crippen LogP contribution in [0.1, 0.15) is 12.5 Å². The molecule has 0 radical (unpaired) electrons. The zero-order chi connectivity index (χ0) is 14.3. The van der Waals surface area contributed by atoms with Crippen LogP contribution in [0.25, 0.3) is 6.08 Å². The fraction of sp³-hybridized carbons (Fsp3) is 0.154. The standard InChI is InChI=1S/C13H14N2O4/c1-9(16)15-11(13(18)19-8-12(14)17)7-10-5-3-2-4-6-10/h2-7H,8H2,1H3,(H2,14,17)(H,15,16)/b11-7-. The van der Waals surface area contributed by atoms with Crippen LogP contribution in [-0.2, 0) is 19.1 Å². The van der Waals surface area contributed by atoms with Crippen LogP contribution >= 0.6 is 0 Å². The van der Waals surface area contributed by atoms with Gasteiger partial charge in [0.2, 0.25) is 5.91 Å². The van der Waals surface area contributed by atoms with Crippen LogP contribution < -0.4 is 11.1 Å². The van der Waals surface area contributed by atoms with Gasteiger partial charge in [-0.3, -0.25) is 9.59 Å². The van der Waals surface area contributed by atoms with Gasteiger partial charge in [0, 0.05) is 6.92 Å². The zero-order valence-electron chi connectivity index (χ0n) is 10.4. The van der Waals surface area contributed by atoms with Crippen LogP contribution in [0.4, 0.5) is 0 Å². The lowest BCUT2D eigenvalue weighted by atomic mass is 10.2. The summed E-state index contributed by atoms with van der Waals surface area (Å²) in [6, 6.07) is 8.89. The number of hydrogen-bond donors (Lipinski definition) is 2. The van der Waals surface area contributed by atoms with Crippen molar-refractivity contribution >= 4 is 23.9 Å². The maximum absolute atomic E-state index is 11.7. The molecule has 19 heavy (non-hydrogen) atoms. The molecule has 0 spiro atoms. The number of primary amides is 1. The van der Waals surface area contributed by atoms with E-state index in [9.17, 15) is 14.4 Å². The van der Waals surface area contributed by atoms with Gasteiger partial charge in [0.15, 0.2) is 6.61 Å². The molecule has 3 N–H and O–H groups in total. The zero-order valence-corrected chi connectivity index (χ0v) is 10.4. The summed E-state index contributed by atoms with van der Waals surface area (Å²) in [6.07, 6.45) is 1.45. The highest BCUT2D eigenvalue weighted by atomic mass is 16.5. The number of benzene rings is 1. The van der Waals surface area contributed by atoms with Crippen LogP contribution in [0.15, 0.2) is 36.0 Å². The number of esters is 1. The van der Waals surface area contributed by atoms with Crippen LogP contribution in [0.5, 0.6) is 0 Å². The van der Waals surface area contributed by atoms with Crippen molar-refractivity contribution in [2.24, 2.45) is 5.73 Å². The van der Waals surface area contributed by atoms with Gasteiger partial charge < -0.3 is 15.8 Å². The minimum atomic E-state index is -0.821. The smallest absolute Gasteiger partial charge is 0.355 e. The third-order valence-electron chi connectivity index (χ3n) is 1.99. The van der Waals surface area contributed by atoms with Gasteiger partial charge in [-0.25, -0.2) is 4.79 Å². The van der Waals surface area contributed by atoms with Gasteiger partial charge in [-0.05, 0) is 11.6 Å². The molecule has 0 aliphatic rings. The number of nitrogens with one attached hydrogen (secondary N) is 1. The molecule has 0 heterocycles. The third-order valence-corrected chi connectivity index (χ3v) is 1.99. The number of amides is 2. The van der Waals surface area contributed by atoms with E-state index < -0.39 is 24.4 Å². The second-order valence-corrected chi connectivity index (χ2v) is 3.69. The monoisotopic (exact) mass is 262 g/mol. The lowest BCUT2D eigenvalue weighted by Crippen LogP contribution is -2.29. The highest BCUT2D eigenvalue weighted by Crippen LogP contribution is 2.06. The first kappa shape index (κ1) is 14.4. The van der Waals surface area contributed by atoms with Gasteiger partial charge in [0.1, 0.15) is 5.70 Å². The van der Waals surface area contributed by atoms with Gasteiger partial charge >= 0.3 is 5.97 Å². The molecule has 0 aliphatic carbocycles.